The summed E-state index contributed by atoms with van der Waals surface area (Å²) in [5.41, 5.74) is 0. The molecule has 0 aliphatic carbocycles. The van der Waals surface area contributed by atoms with E-state index < -0.39 is 12.0 Å². The monoisotopic (exact) mass is 299 g/mol. The van der Waals surface area contributed by atoms with E-state index in [9.17, 15) is 14.7 Å². The molecule has 6 heteroatoms. The number of rotatable bonds is 7. The molecule has 2 amide bonds. The van der Waals surface area contributed by atoms with Gasteiger partial charge in [-0.2, -0.15) is 0 Å². The highest BCUT2D eigenvalue weighted by Gasteiger charge is 2.27. The Morgan fingerprint density at radius 1 is 1.43 bits per heavy atom. The molecule has 21 heavy (non-hydrogen) atoms. The summed E-state index contributed by atoms with van der Waals surface area (Å²) in [6, 6.07) is -0.726. The van der Waals surface area contributed by atoms with Gasteiger partial charge in [0, 0.05) is 19.6 Å². The molecule has 1 aliphatic rings. The zero-order chi connectivity index (χ0) is 16.0. The van der Waals surface area contributed by atoms with Crippen molar-refractivity contribution >= 4 is 12.0 Å². The lowest BCUT2D eigenvalue weighted by Gasteiger charge is -2.29. The Bertz CT molecular complexity index is 360. The van der Waals surface area contributed by atoms with Crippen LogP contribution in [0.2, 0.25) is 0 Å². The maximum Gasteiger partial charge on any atom is 0.326 e. The highest BCUT2D eigenvalue weighted by molar-refractivity contribution is 5.82. The zero-order valence-corrected chi connectivity index (χ0v) is 13.6. The molecule has 0 aromatic heterocycles. The van der Waals surface area contributed by atoms with Crippen molar-refractivity contribution in [2.45, 2.75) is 52.1 Å². The average molecular weight is 299 g/mol. The van der Waals surface area contributed by atoms with Crippen LogP contribution in [0.1, 0.15) is 40.0 Å². The Labute approximate surface area is 127 Å². The molecular formula is C15H29N3O3. The lowest BCUT2D eigenvalue weighted by molar-refractivity contribution is -0.139. The lowest BCUT2D eigenvalue weighted by Crippen LogP contribution is -2.50. The predicted molar refractivity (Wildman–Crippen MR) is 82.3 cm³/mol. The largest absolute Gasteiger partial charge is 0.480 e. The third kappa shape index (κ3) is 5.53. The SMILES string of the molecule is CCN1CCCC1CN(C)C(=O)N[C@H](CC(C)C)C(=O)O. The first-order valence-electron chi connectivity index (χ1n) is 7.83. The van der Waals surface area contributed by atoms with Gasteiger partial charge in [-0.15, -0.1) is 0 Å². The van der Waals surface area contributed by atoms with Crippen LogP contribution in [0.3, 0.4) is 0 Å². The van der Waals surface area contributed by atoms with Gasteiger partial charge >= 0.3 is 12.0 Å². The fourth-order valence-corrected chi connectivity index (χ4v) is 2.87. The summed E-state index contributed by atoms with van der Waals surface area (Å²) >= 11 is 0. The topological polar surface area (TPSA) is 72.9 Å². The highest BCUT2D eigenvalue weighted by Crippen LogP contribution is 2.17. The van der Waals surface area contributed by atoms with Crippen LogP contribution >= 0.6 is 0 Å². The van der Waals surface area contributed by atoms with Crippen molar-refractivity contribution in [3.8, 4) is 0 Å². The Hall–Kier alpha value is -1.30. The molecule has 1 aliphatic heterocycles. The van der Waals surface area contributed by atoms with Gasteiger partial charge < -0.3 is 15.3 Å². The number of nitrogens with zero attached hydrogens (tertiary/aromatic N) is 2. The summed E-state index contributed by atoms with van der Waals surface area (Å²) < 4.78 is 0. The van der Waals surface area contributed by atoms with Crippen LogP contribution < -0.4 is 5.32 Å². The van der Waals surface area contributed by atoms with Crippen LogP contribution in [0.15, 0.2) is 0 Å². The summed E-state index contributed by atoms with van der Waals surface area (Å²) in [6.45, 7) is 8.75. The number of urea groups is 1. The maximum absolute atomic E-state index is 12.2. The molecule has 1 saturated heterocycles. The maximum atomic E-state index is 12.2. The smallest absolute Gasteiger partial charge is 0.326 e. The lowest BCUT2D eigenvalue weighted by atomic mass is 10.0. The molecule has 2 N–H and O–H groups in total. The van der Waals surface area contributed by atoms with Gasteiger partial charge in [0.15, 0.2) is 0 Å². The molecule has 0 aromatic carbocycles. The Balaban J connectivity index is 2.51. The van der Waals surface area contributed by atoms with Crippen molar-refractivity contribution in [1.29, 1.82) is 0 Å². The molecule has 6 nitrogen and oxygen atoms in total. The third-order valence-electron chi connectivity index (χ3n) is 4.04. The summed E-state index contributed by atoms with van der Waals surface area (Å²) in [4.78, 5) is 27.3. The van der Waals surface area contributed by atoms with Crippen molar-refractivity contribution in [2.24, 2.45) is 5.92 Å². The summed E-state index contributed by atoms with van der Waals surface area (Å²) in [7, 11) is 1.73. The standard InChI is InChI=1S/C15H29N3O3/c1-5-18-8-6-7-12(18)10-17(4)15(21)16-13(14(19)20)9-11(2)3/h11-13H,5-10H2,1-4H3,(H,16,21)(H,19,20)/t12?,13-/m1/s1. The molecule has 1 rings (SSSR count). The first-order valence-corrected chi connectivity index (χ1v) is 7.83. The normalized spacial score (nSPS) is 20.5. The third-order valence-corrected chi connectivity index (χ3v) is 4.04. The van der Waals surface area contributed by atoms with Gasteiger partial charge in [0.1, 0.15) is 6.04 Å². The molecule has 0 saturated carbocycles. The first kappa shape index (κ1) is 17.8. The summed E-state index contributed by atoms with van der Waals surface area (Å²) in [5.74, 6) is -0.747. The molecule has 0 radical (unpaired) electrons. The predicted octanol–water partition coefficient (Wildman–Crippen LogP) is 1.61. The van der Waals surface area contributed by atoms with Crippen LogP contribution in [-0.2, 0) is 4.79 Å². The summed E-state index contributed by atoms with van der Waals surface area (Å²) in [5, 5.41) is 11.8. The van der Waals surface area contributed by atoms with Crippen molar-refractivity contribution in [2.75, 3.05) is 26.7 Å². The number of aliphatic carboxylic acids is 1. The molecular weight excluding hydrogens is 270 g/mol. The van der Waals surface area contributed by atoms with Crippen LogP contribution in [-0.4, -0.2) is 65.7 Å². The van der Waals surface area contributed by atoms with Gasteiger partial charge in [-0.25, -0.2) is 9.59 Å². The summed E-state index contributed by atoms with van der Waals surface area (Å²) in [6.07, 6.45) is 2.71. The number of nitrogens with one attached hydrogen (secondary N) is 1. The van der Waals surface area contributed by atoms with Gasteiger partial charge in [-0.1, -0.05) is 20.8 Å². The number of amides is 2. The minimum absolute atomic E-state index is 0.224. The fourth-order valence-electron chi connectivity index (χ4n) is 2.87. The van der Waals surface area contributed by atoms with Gasteiger partial charge in [0.25, 0.3) is 0 Å². The van der Waals surface area contributed by atoms with E-state index in [1.807, 2.05) is 13.8 Å². The second-order valence-electron chi connectivity index (χ2n) is 6.28. The second-order valence-corrected chi connectivity index (χ2v) is 6.28. The highest BCUT2D eigenvalue weighted by atomic mass is 16.4. The molecule has 1 heterocycles. The van der Waals surface area contributed by atoms with E-state index >= 15 is 0 Å². The number of carboxylic acids is 1. The quantitative estimate of drug-likeness (QED) is 0.749. The van der Waals surface area contributed by atoms with E-state index in [1.165, 1.54) is 6.42 Å². The molecule has 0 bridgehead atoms. The Morgan fingerprint density at radius 3 is 2.62 bits per heavy atom. The van der Waals surface area contributed by atoms with Gasteiger partial charge in [-0.3, -0.25) is 4.90 Å². The zero-order valence-electron chi connectivity index (χ0n) is 13.6. The van der Waals surface area contributed by atoms with E-state index in [0.717, 1.165) is 19.5 Å². The minimum Gasteiger partial charge on any atom is -0.480 e. The minimum atomic E-state index is -0.971. The molecule has 1 unspecified atom stereocenters. The van der Waals surface area contributed by atoms with Crippen LogP contribution in [0, 0.1) is 5.92 Å². The number of hydrogen-bond donors (Lipinski definition) is 2. The average Bonchev–Trinajstić information content (AvgIpc) is 2.84. The van der Waals surface area contributed by atoms with Crippen molar-refractivity contribution in [3.05, 3.63) is 0 Å². The van der Waals surface area contributed by atoms with Crippen molar-refractivity contribution < 1.29 is 14.7 Å². The molecule has 0 aromatic rings. The van der Waals surface area contributed by atoms with Crippen LogP contribution in [0.25, 0.3) is 0 Å². The molecule has 122 valence electrons. The molecule has 1 fully saturated rings. The van der Waals surface area contributed by atoms with Gasteiger partial charge in [0.2, 0.25) is 0 Å². The Morgan fingerprint density at radius 2 is 2.10 bits per heavy atom. The van der Waals surface area contributed by atoms with E-state index in [1.54, 1.807) is 11.9 Å². The Kier molecular flexibility index (Phi) is 6.95. The molecule has 0 spiro atoms. The van der Waals surface area contributed by atoms with Gasteiger partial charge in [-0.05, 0) is 38.3 Å². The second kappa shape index (κ2) is 8.22. The molecule has 2 atom stereocenters. The number of likely N-dealkylation sites (N-methyl/N-ethyl adjacent to an activating group) is 2. The number of carbonyl (C=O) groups is 2. The van der Waals surface area contributed by atoms with Crippen LogP contribution in [0.5, 0.6) is 0 Å². The van der Waals surface area contributed by atoms with E-state index in [2.05, 4.69) is 17.1 Å². The van der Waals surface area contributed by atoms with Gasteiger partial charge in [0.05, 0.1) is 0 Å². The number of carbonyl (C=O) groups excluding carboxylic acids is 1. The first-order chi connectivity index (χ1) is 9.85. The van der Waals surface area contributed by atoms with Crippen molar-refractivity contribution in [3.63, 3.8) is 0 Å². The van der Waals surface area contributed by atoms with Crippen LogP contribution in [0.4, 0.5) is 4.79 Å². The number of hydrogen-bond acceptors (Lipinski definition) is 3. The van der Waals surface area contributed by atoms with E-state index in [-0.39, 0.29) is 11.9 Å². The van der Waals surface area contributed by atoms with E-state index in [4.69, 9.17) is 0 Å². The van der Waals surface area contributed by atoms with Crippen molar-refractivity contribution in [1.82, 2.24) is 15.1 Å². The fraction of sp³-hybridized carbons (Fsp3) is 0.867. The van der Waals surface area contributed by atoms with E-state index in [0.29, 0.717) is 19.0 Å². The number of likely N-dealkylation sites (tertiary alicyclic amines) is 1. The number of carboxylic acid groups (broad SMARTS) is 1.